The van der Waals surface area contributed by atoms with Gasteiger partial charge in [0.05, 0.1) is 0 Å². The minimum Gasteiger partial charge on any atom is -0.326 e. The Morgan fingerprint density at radius 1 is 1.17 bits per heavy atom. The van der Waals surface area contributed by atoms with Crippen LogP contribution in [0.25, 0.3) is 0 Å². The molecule has 124 valence electrons. The number of benzene rings is 2. The first-order chi connectivity index (χ1) is 11.5. The maximum atomic E-state index is 12.3. The molecule has 2 aromatic carbocycles. The first-order valence-corrected chi connectivity index (χ1v) is 8.30. The number of fused-ring (bicyclic) bond motifs is 1. The molecule has 1 atom stereocenters. The van der Waals surface area contributed by atoms with Gasteiger partial charge in [0.15, 0.2) is 0 Å². The zero-order valence-electron chi connectivity index (χ0n) is 14.1. The zero-order valence-corrected chi connectivity index (χ0v) is 14.1. The molecule has 2 amide bonds. The average Bonchev–Trinajstić information content (AvgIpc) is 2.99. The average molecular weight is 322 g/mol. The van der Waals surface area contributed by atoms with Gasteiger partial charge in [-0.25, -0.2) is 0 Å². The molecule has 2 aromatic rings. The minimum atomic E-state index is 0.00715. The van der Waals surface area contributed by atoms with Crippen LogP contribution >= 0.6 is 0 Å². The molecule has 0 spiro atoms. The minimum absolute atomic E-state index is 0.00715. The number of nitrogens with zero attached hydrogens (tertiary/aromatic N) is 1. The summed E-state index contributed by atoms with van der Waals surface area (Å²) < 4.78 is 0. The van der Waals surface area contributed by atoms with Crippen molar-refractivity contribution in [2.75, 3.05) is 16.8 Å². The van der Waals surface area contributed by atoms with Crippen LogP contribution in [-0.2, 0) is 16.0 Å². The quantitative estimate of drug-likeness (QED) is 0.932. The van der Waals surface area contributed by atoms with Crippen LogP contribution in [-0.4, -0.2) is 18.4 Å². The predicted octanol–water partition coefficient (Wildman–Crippen LogP) is 3.73. The lowest BCUT2D eigenvalue weighted by molar-refractivity contribution is -0.117. The number of hydrogen-bond donors (Lipinski definition) is 1. The fraction of sp³-hybridized carbons (Fsp3) is 0.300. The molecule has 1 aliphatic heterocycles. The molecule has 0 bridgehead atoms. The van der Waals surface area contributed by atoms with E-state index in [1.165, 1.54) is 5.56 Å². The highest BCUT2D eigenvalue weighted by Crippen LogP contribution is 2.30. The Balaban J connectivity index is 1.64. The molecular formula is C20H22N2O2. The van der Waals surface area contributed by atoms with E-state index < -0.39 is 0 Å². The molecule has 0 aromatic heterocycles. The van der Waals surface area contributed by atoms with Crippen molar-refractivity contribution in [3.63, 3.8) is 0 Å². The lowest BCUT2D eigenvalue weighted by atomic mass is 9.97. The lowest BCUT2D eigenvalue weighted by Crippen LogP contribution is -2.25. The third kappa shape index (κ3) is 3.48. The summed E-state index contributed by atoms with van der Waals surface area (Å²) in [5.74, 6) is 0.240. The first-order valence-electron chi connectivity index (χ1n) is 8.30. The summed E-state index contributed by atoms with van der Waals surface area (Å²) in [7, 11) is 0. The molecule has 0 unspecified atom stereocenters. The van der Waals surface area contributed by atoms with Gasteiger partial charge in [-0.3, -0.25) is 9.59 Å². The second kappa shape index (κ2) is 6.87. The number of carbonyl (C=O) groups is 2. The highest BCUT2D eigenvalue weighted by atomic mass is 16.2. The smallest absolute Gasteiger partial charge is 0.224 e. The van der Waals surface area contributed by atoms with Gasteiger partial charge in [0.25, 0.3) is 0 Å². The van der Waals surface area contributed by atoms with E-state index in [4.69, 9.17) is 0 Å². The number of carbonyl (C=O) groups excluding carboxylic acids is 2. The maximum absolute atomic E-state index is 12.3. The summed E-state index contributed by atoms with van der Waals surface area (Å²) in [4.78, 5) is 25.7. The molecule has 0 radical (unpaired) electrons. The molecule has 0 aliphatic carbocycles. The fourth-order valence-electron chi connectivity index (χ4n) is 3.20. The van der Waals surface area contributed by atoms with E-state index in [-0.39, 0.29) is 17.7 Å². The molecule has 3 rings (SSSR count). The van der Waals surface area contributed by atoms with Crippen molar-refractivity contribution >= 4 is 23.2 Å². The van der Waals surface area contributed by atoms with E-state index in [9.17, 15) is 9.59 Å². The van der Waals surface area contributed by atoms with E-state index in [1.54, 1.807) is 11.8 Å². The normalized spacial score (nSPS) is 14.2. The van der Waals surface area contributed by atoms with Gasteiger partial charge in [0.2, 0.25) is 11.8 Å². The van der Waals surface area contributed by atoms with Crippen molar-refractivity contribution in [2.24, 2.45) is 0 Å². The summed E-state index contributed by atoms with van der Waals surface area (Å²) >= 11 is 0. The Hall–Kier alpha value is -2.62. The summed E-state index contributed by atoms with van der Waals surface area (Å²) in [6.07, 6.45) is 1.28. The highest BCUT2D eigenvalue weighted by molar-refractivity contribution is 5.95. The van der Waals surface area contributed by atoms with E-state index in [2.05, 4.69) is 12.2 Å². The zero-order chi connectivity index (χ0) is 17.1. The Morgan fingerprint density at radius 2 is 1.92 bits per heavy atom. The van der Waals surface area contributed by atoms with Gasteiger partial charge in [-0.15, -0.1) is 0 Å². The molecular weight excluding hydrogens is 300 g/mol. The van der Waals surface area contributed by atoms with Gasteiger partial charge in [-0.2, -0.15) is 0 Å². The Labute approximate surface area is 142 Å². The van der Waals surface area contributed by atoms with Gasteiger partial charge < -0.3 is 10.2 Å². The third-order valence-electron chi connectivity index (χ3n) is 4.50. The van der Waals surface area contributed by atoms with E-state index >= 15 is 0 Å². The van der Waals surface area contributed by atoms with Crippen LogP contribution in [0.5, 0.6) is 0 Å². The standard InChI is InChI=1S/C20H22N2O2/c1-14(16-6-4-3-5-7-16)12-20(24)21-18-8-9-19-17(13-18)10-11-22(19)15(2)23/h3-9,13-14H,10-12H2,1-2H3,(H,21,24)/t14-/m0/s1. The monoisotopic (exact) mass is 322 g/mol. The Morgan fingerprint density at radius 3 is 2.62 bits per heavy atom. The van der Waals surface area contributed by atoms with Crippen LogP contribution < -0.4 is 10.2 Å². The van der Waals surface area contributed by atoms with Crippen molar-refractivity contribution in [3.8, 4) is 0 Å². The lowest BCUT2D eigenvalue weighted by Gasteiger charge is -2.15. The molecule has 1 heterocycles. The molecule has 0 fully saturated rings. The second-order valence-electron chi connectivity index (χ2n) is 6.33. The van der Waals surface area contributed by atoms with Crippen LogP contribution in [0.1, 0.15) is 37.3 Å². The third-order valence-corrected chi connectivity index (χ3v) is 4.50. The number of nitrogens with one attached hydrogen (secondary N) is 1. The molecule has 4 heteroatoms. The van der Waals surface area contributed by atoms with Crippen LogP contribution in [0.2, 0.25) is 0 Å². The number of amides is 2. The first kappa shape index (κ1) is 16.2. The van der Waals surface area contributed by atoms with Crippen molar-refractivity contribution in [1.29, 1.82) is 0 Å². The van der Waals surface area contributed by atoms with Crippen molar-refractivity contribution in [1.82, 2.24) is 0 Å². The molecule has 4 nitrogen and oxygen atoms in total. The molecule has 1 aliphatic rings. The van der Waals surface area contributed by atoms with Gasteiger partial charge in [0, 0.05) is 31.3 Å². The highest BCUT2D eigenvalue weighted by Gasteiger charge is 2.22. The van der Waals surface area contributed by atoms with Gasteiger partial charge in [-0.05, 0) is 41.7 Å². The SMILES string of the molecule is CC(=O)N1CCc2cc(NC(=O)C[C@H](C)c3ccccc3)ccc21. The molecule has 0 saturated heterocycles. The Bertz CT molecular complexity index is 755. The predicted molar refractivity (Wildman–Crippen MR) is 96.3 cm³/mol. The topological polar surface area (TPSA) is 49.4 Å². The number of hydrogen-bond acceptors (Lipinski definition) is 2. The molecule has 0 saturated carbocycles. The fourth-order valence-corrected chi connectivity index (χ4v) is 3.20. The Kier molecular flexibility index (Phi) is 4.65. The van der Waals surface area contributed by atoms with Gasteiger partial charge in [0.1, 0.15) is 0 Å². The van der Waals surface area contributed by atoms with Crippen molar-refractivity contribution in [2.45, 2.75) is 32.6 Å². The van der Waals surface area contributed by atoms with Crippen LogP contribution in [0.15, 0.2) is 48.5 Å². The van der Waals surface area contributed by atoms with E-state index in [1.807, 2.05) is 48.5 Å². The summed E-state index contributed by atoms with van der Waals surface area (Å²) in [6.45, 7) is 4.35. The summed E-state index contributed by atoms with van der Waals surface area (Å²) in [5, 5.41) is 2.97. The van der Waals surface area contributed by atoms with Crippen molar-refractivity contribution < 1.29 is 9.59 Å². The molecule has 24 heavy (non-hydrogen) atoms. The second-order valence-corrected chi connectivity index (χ2v) is 6.33. The van der Waals surface area contributed by atoms with Gasteiger partial charge in [-0.1, -0.05) is 37.3 Å². The molecule has 1 N–H and O–H groups in total. The van der Waals surface area contributed by atoms with Crippen LogP contribution in [0, 0.1) is 0 Å². The van der Waals surface area contributed by atoms with Gasteiger partial charge >= 0.3 is 0 Å². The number of anilines is 2. The van der Waals surface area contributed by atoms with E-state index in [0.717, 1.165) is 23.4 Å². The largest absolute Gasteiger partial charge is 0.326 e. The maximum Gasteiger partial charge on any atom is 0.224 e. The van der Waals surface area contributed by atoms with Crippen molar-refractivity contribution in [3.05, 3.63) is 59.7 Å². The van der Waals surface area contributed by atoms with Crippen LogP contribution in [0.4, 0.5) is 11.4 Å². The van der Waals surface area contributed by atoms with Crippen LogP contribution in [0.3, 0.4) is 0 Å². The summed E-state index contributed by atoms with van der Waals surface area (Å²) in [5.41, 5.74) is 4.03. The number of rotatable bonds is 4. The summed E-state index contributed by atoms with van der Waals surface area (Å²) in [6, 6.07) is 15.8. The van der Waals surface area contributed by atoms with E-state index in [0.29, 0.717) is 13.0 Å².